The number of aromatic amines is 1. The minimum atomic E-state index is -0.861. The van der Waals surface area contributed by atoms with Gasteiger partial charge in [0, 0.05) is 29.2 Å². The highest BCUT2D eigenvalue weighted by molar-refractivity contribution is 6.47. The molecule has 0 saturated carbocycles. The van der Waals surface area contributed by atoms with Crippen LogP contribution in [0, 0.1) is 12.7 Å². The summed E-state index contributed by atoms with van der Waals surface area (Å²) in [6, 6.07) is 16.0. The number of aryl methyl sites for hydroxylation is 1. The van der Waals surface area contributed by atoms with Crippen LogP contribution in [0.5, 0.6) is 5.75 Å². The number of fused-ring (bicyclic) bond motifs is 1. The zero-order valence-electron chi connectivity index (χ0n) is 20.2. The summed E-state index contributed by atoms with van der Waals surface area (Å²) in [4.78, 5) is 31.5. The molecule has 1 aliphatic heterocycles. The molecule has 0 spiro atoms. The highest BCUT2D eigenvalue weighted by Crippen LogP contribution is 2.44. The number of ketones is 1. The van der Waals surface area contributed by atoms with Gasteiger partial charge >= 0.3 is 0 Å². The lowest BCUT2D eigenvalue weighted by Gasteiger charge is -2.25. The maximum Gasteiger partial charge on any atom is 0.295 e. The van der Waals surface area contributed by atoms with Crippen LogP contribution < -0.4 is 4.74 Å². The molecule has 0 radical (unpaired) electrons. The van der Waals surface area contributed by atoms with Crippen LogP contribution in [0.1, 0.15) is 28.3 Å². The normalized spacial score (nSPS) is 17.1. The number of benzene rings is 3. The second-order valence-corrected chi connectivity index (χ2v) is 9.39. The summed E-state index contributed by atoms with van der Waals surface area (Å²) in [6.45, 7) is 1.99. The number of likely N-dealkylation sites (tertiary alicyclic amines) is 1. The number of hydrogen-bond acceptors (Lipinski definition) is 4. The zero-order valence-corrected chi connectivity index (χ0v) is 21.0. The SMILES string of the molecule is COc1c(Cl)cc(C)cc1/C(O)=C1\C(=O)C(=O)N(CCc2ccc(F)cc2)C1c1c[nH]c2ccccc12. The molecule has 188 valence electrons. The Balaban J connectivity index is 1.68. The van der Waals surface area contributed by atoms with Crippen LogP contribution in [0.15, 0.2) is 72.4 Å². The standard InChI is InChI=1S/C29H24ClFN2O4/c1-16-13-20(28(37-2)22(30)14-16)26(34)24-25(21-15-32-23-6-4-3-5-19(21)23)33(29(36)27(24)35)12-11-17-7-9-18(31)10-8-17/h3-10,13-15,25,32,34H,11-12H2,1-2H3/b26-24+. The van der Waals surface area contributed by atoms with Gasteiger partial charge in [0.25, 0.3) is 11.7 Å². The number of aromatic nitrogens is 1. The Hall–Kier alpha value is -4.10. The van der Waals surface area contributed by atoms with Crippen molar-refractivity contribution in [1.29, 1.82) is 0 Å². The number of nitrogens with one attached hydrogen (secondary N) is 1. The van der Waals surface area contributed by atoms with Crippen molar-refractivity contribution >= 4 is 40.0 Å². The summed E-state index contributed by atoms with van der Waals surface area (Å²) in [6.07, 6.45) is 2.14. The topological polar surface area (TPSA) is 82.6 Å². The van der Waals surface area contributed by atoms with Crippen molar-refractivity contribution < 1.29 is 23.8 Å². The van der Waals surface area contributed by atoms with Crippen molar-refractivity contribution in [3.05, 3.63) is 106 Å². The van der Waals surface area contributed by atoms with E-state index in [1.54, 1.807) is 37.4 Å². The number of Topliss-reactive ketones (excluding diaryl/α,β-unsaturated/α-hetero) is 1. The van der Waals surface area contributed by atoms with E-state index in [0.29, 0.717) is 12.0 Å². The maximum absolute atomic E-state index is 13.5. The summed E-state index contributed by atoms with van der Waals surface area (Å²) < 4.78 is 18.8. The molecule has 2 N–H and O–H groups in total. The second kappa shape index (κ2) is 9.75. The number of amides is 1. The van der Waals surface area contributed by atoms with Gasteiger partial charge in [-0.1, -0.05) is 41.9 Å². The lowest BCUT2D eigenvalue weighted by atomic mass is 9.94. The molecular weight excluding hydrogens is 495 g/mol. The molecule has 37 heavy (non-hydrogen) atoms. The molecule has 1 aliphatic rings. The Morgan fingerprint density at radius 1 is 1.14 bits per heavy atom. The first-order chi connectivity index (χ1) is 17.8. The first-order valence-electron chi connectivity index (χ1n) is 11.7. The van der Waals surface area contributed by atoms with Gasteiger partial charge in [0.15, 0.2) is 0 Å². The van der Waals surface area contributed by atoms with Crippen LogP contribution in [0.2, 0.25) is 5.02 Å². The van der Waals surface area contributed by atoms with E-state index in [1.807, 2.05) is 24.3 Å². The zero-order chi connectivity index (χ0) is 26.3. The van der Waals surface area contributed by atoms with Gasteiger partial charge in [-0.2, -0.15) is 0 Å². The third-order valence-electron chi connectivity index (χ3n) is 6.66. The number of carbonyl (C=O) groups is 2. The molecule has 6 nitrogen and oxygen atoms in total. The molecule has 1 fully saturated rings. The quantitative estimate of drug-likeness (QED) is 0.188. The van der Waals surface area contributed by atoms with E-state index in [-0.39, 0.29) is 40.0 Å². The number of methoxy groups -OCH3 is 1. The number of ether oxygens (including phenoxy) is 1. The predicted octanol–water partition coefficient (Wildman–Crippen LogP) is 5.94. The van der Waals surface area contributed by atoms with E-state index in [2.05, 4.69) is 4.98 Å². The van der Waals surface area contributed by atoms with Gasteiger partial charge in [-0.15, -0.1) is 0 Å². The van der Waals surface area contributed by atoms with Gasteiger partial charge in [-0.3, -0.25) is 9.59 Å². The molecule has 8 heteroatoms. The Labute approximate surface area is 217 Å². The first kappa shape index (κ1) is 24.6. The number of para-hydroxylation sites is 1. The fourth-order valence-electron chi connectivity index (χ4n) is 4.91. The molecule has 0 aliphatic carbocycles. The highest BCUT2D eigenvalue weighted by Gasteiger charge is 2.47. The van der Waals surface area contributed by atoms with Gasteiger partial charge in [0.1, 0.15) is 17.3 Å². The average Bonchev–Trinajstić information content (AvgIpc) is 3.41. The third kappa shape index (κ3) is 4.36. The van der Waals surface area contributed by atoms with Crippen LogP contribution in [-0.2, 0) is 16.0 Å². The first-order valence-corrected chi connectivity index (χ1v) is 12.1. The second-order valence-electron chi connectivity index (χ2n) is 8.99. The van der Waals surface area contributed by atoms with Gasteiger partial charge < -0.3 is 19.7 Å². The van der Waals surface area contributed by atoms with E-state index in [4.69, 9.17) is 16.3 Å². The Bertz CT molecular complexity index is 1560. The number of aliphatic hydroxyl groups is 1. The van der Waals surface area contributed by atoms with Crippen LogP contribution in [0.25, 0.3) is 16.7 Å². The number of hydrogen-bond donors (Lipinski definition) is 2. The van der Waals surface area contributed by atoms with Crippen LogP contribution in [-0.4, -0.2) is 40.3 Å². The van der Waals surface area contributed by atoms with E-state index < -0.39 is 17.7 Å². The van der Waals surface area contributed by atoms with E-state index >= 15 is 0 Å². The molecular formula is C29H24ClFN2O4. The molecule has 1 aromatic heterocycles. The van der Waals surface area contributed by atoms with E-state index in [0.717, 1.165) is 22.0 Å². The van der Waals surface area contributed by atoms with Crippen molar-refractivity contribution in [3.63, 3.8) is 0 Å². The molecule has 1 amide bonds. The minimum absolute atomic E-state index is 0.0474. The maximum atomic E-state index is 13.5. The number of H-pyrrole nitrogens is 1. The van der Waals surface area contributed by atoms with Crippen LogP contribution >= 0.6 is 11.6 Å². The number of rotatable bonds is 6. The van der Waals surface area contributed by atoms with Gasteiger partial charge in [0.2, 0.25) is 0 Å². The minimum Gasteiger partial charge on any atom is -0.507 e. The molecule has 3 aromatic carbocycles. The van der Waals surface area contributed by atoms with E-state index in [9.17, 15) is 19.1 Å². The largest absolute Gasteiger partial charge is 0.507 e. The van der Waals surface area contributed by atoms with Gasteiger partial charge in [-0.25, -0.2) is 4.39 Å². The fraction of sp³-hybridized carbons (Fsp3) is 0.172. The summed E-state index contributed by atoms with van der Waals surface area (Å²) >= 11 is 6.37. The van der Waals surface area contributed by atoms with Crippen LogP contribution in [0.4, 0.5) is 4.39 Å². The molecule has 1 saturated heterocycles. The van der Waals surface area contributed by atoms with Crippen molar-refractivity contribution in [2.75, 3.05) is 13.7 Å². The number of nitrogens with zero attached hydrogens (tertiary/aromatic N) is 1. The van der Waals surface area contributed by atoms with Gasteiger partial charge in [0.05, 0.1) is 29.3 Å². The fourth-order valence-corrected chi connectivity index (χ4v) is 5.26. The third-order valence-corrected chi connectivity index (χ3v) is 6.94. The van der Waals surface area contributed by atoms with Crippen molar-refractivity contribution in [3.8, 4) is 5.75 Å². The summed E-state index contributed by atoms with van der Waals surface area (Å²) in [5.41, 5.74) is 3.25. The molecule has 4 aromatic rings. The smallest absolute Gasteiger partial charge is 0.295 e. The van der Waals surface area contributed by atoms with Crippen molar-refractivity contribution in [2.45, 2.75) is 19.4 Å². The van der Waals surface area contributed by atoms with Crippen molar-refractivity contribution in [2.24, 2.45) is 0 Å². The Kier molecular flexibility index (Phi) is 6.48. The van der Waals surface area contributed by atoms with Gasteiger partial charge in [-0.05, 0) is 54.8 Å². The molecule has 2 heterocycles. The van der Waals surface area contributed by atoms with Crippen molar-refractivity contribution in [1.82, 2.24) is 9.88 Å². The predicted molar refractivity (Wildman–Crippen MR) is 140 cm³/mol. The lowest BCUT2D eigenvalue weighted by molar-refractivity contribution is -0.139. The Morgan fingerprint density at radius 2 is 1.86 bits per heavy atom. The molecule has 0 bridgehead atoms. The van der Waals surface area contributed by atoms with E-state index in [1.165, 1.54) is 24.1 Å². The lowest BCUT2D eigenvalue weighted by Crippen LogP contribution is -2.31. The monoisotopic (exact) mass is 518 g/mol. The number of halogens is 2. The summed E-state index contributed by atoms with van der Waals surface area (Å²) in [7, 11) is 1.42. The molecule has 1 atom stereocenters. The average molecular weight is 519 g/mol. The summed E-state index contributed by atoms with van der Waals surface area (Å²) in [5.74, 6) is -2.03. The molecule has 5 rings (SSSR count). The number of carbonyl (C=O) groups excluding carboxylic acids is 2. The Morgan fingerprint density at radius 3 is 2.59 bits per heavy atom. The summed E-state index contributed by atoms with van der Waals surface area (Å²) in [5, 5.41) is 12.6. The van der Waals surface area contributed by atoms with Crippen LogP contribution in [0.3, 0.4) is 0 Å². The molecule has 1 unspecified atom stereocenters. The highest BCUT2D eigenvalue weighted by atomic mass is 35.5. The number of aliphatic hydroxyl groups excluding tert-OH is 1.